The molecule has 420 valence electrons. The van der Waals surface area contributed by atoms with E-state index in [2.05, 4.69) is 92.6 Å². The molecule has 0 bridgehead atoms. The van der Waals surface area contributed by atoms with Crippen LogP contribution >= 0.6 is 11.6 Å². The van der Waals surface area contributed by atoms with Gasteiger partial charge in [-0.05, 0) is 36.6 Å². The van der Waals surface area contributed by atoms with Crippen LogP contribution in [0, 0.1) is 0 Å². The lowest BCUT2D eigenvalue weighted by Gasteiger charge is -2.22. The van der Waals surface area contributed by atoms with Crippen molar-refractivity contribution in [2.45, 2.75) is 103 Å². The molecule has 2 saturated heterocycles. The van der Waals surface area contributed by atoms with E-state index in [1.807, 2.05) is 34.5 Å². The first-order valence-electron chi connectivity index (χ1n) is 26.2. The van der Waals surface area contributed by atoms with Crippen LogP contribution < -0.4 is 20.5 Å². The molecule has 0 aliphatic carbocycles. The first-order chi connectivity index (χ1) is 37.8. The maximum atomic E-state index is 12.1. The fourth-order valence-corrected chi connectivity index (χ4v) is 9.07. The van der Waals surface area contributed by atoms with Crippen LogP contribution in [-0.4, -0.2) is 124 Å². The second-order valence-corrected chi connectivity index (χ2v) is 21.8. The number of methoxy groups -OCH3 is 2. The quantitative estimate of drug-likeness (QED) is 0.0812. The SMILES string of the molecule is CC(C)(C)c1cc(N)nn1[C@@H]1CCOC1.COCCC(=O)Cc1cc(Oc2cnc3nc(Cl)n(C)c3c2)ccn1.COCCC(=O)Cc1cc(Oc2cnc3nc(Nc4cc(C(C)(C)C)n([C@@H]5CCOC5)n4)n(C)c3c2)ccn1. The monoisotopic (exact) mass is 1100 g/mol. The molecule has 2 aliphatic rings. The van der Waals surface area contributed by atoms with E-state index in [0.29, 0.717) is 101 Å². The first kappa shape index (κ1) is 57.8. The molecular formula is C56H71ClN14O8. The number of hydrogen-bond acceptors (Lipinski definition) is 18. The summed E-state index contributed by atoms with van der Waals surface area (Å²) < 4.78 is 40.6. The number of ketones is 2. The van der Waals surface area contributed by atoms with Gasteiger partial charge in [-0.3, -0.25) is 28.9 Å². The number of nitrogens with zero attached hydrogens (tertiary/aromatic N) is 12. The van der Waals surface area contributed by atoms with E-state index in [9.17, 15) is 9.59 Å². The lowest BCUT2D eigenvalue weighted by Crippen LogP contribution is -2.22. The lowest BCUT2D eigenvalue weighted by molar-refractivity contribution is -0.120. The normalized spacial score (nSPS) is 15.4. The summed E-state index contributed by atoms with van der Waals surface area (Å²) in [5.74, 6) is 4.36. The van der Waals surface area contributed by atoms with Crippen molar-refractivity contribution < 1.29 is 38.0 Å². The van der Waals surface area contributed by atoms with Crippen LogP contribution in [0.3, 0.4) is 0 Å². The highest BCUT2D eigenvalue weighted by atomic mass is 35.5. The van der Waals surface area contributed by atoms with Crippen LogP contribution in [-0.2, 0) is 66.3 Å². The molecule has 0 unspecified atom stereocenters. The van der Waals surface area contributed by atoms with E-state index in [-0.39, 0.29) is 41.3 Å². The van der Waals surface area contributed by atoms with Gasteiger partial charge in [-0.25, -0.2) is 9.97 Å². The highest BCUT2D eigenvalue weighted by Gasteiger charge is 2.29. The van der Waals surface area contributed by atoms with Crippen molar-refractivity contribution >= 4 is 63.1 Å². The van der Waals surface area contributed by atoms with Gasteiger partial charge in [0, 0.05) is 138 Å². The summed E-state index contributed by atoms with van der Waals surface area (Å²) in [4.78, 5) is 50.0. The largest absolute Gasteiger partial charge is 0.456 e. The first-order valence-corrected chi connectivity index (χ1v) is 26.6. The Labute approximate surface area is 464 Å². The average molecular weight is 1100 g/mol. The Hall–Kier alpha value is -7.37. The summed E-state index contributed by atoms with van der Waals surface area (Å²) in [7, 11) is 6.88. The molecule has 2 aliphatic heterocycles. The van der Waals surface area contributed by atoms with E-state index in [1.165, 1.54) is 5.69 Å². The zero-order chi connectivity index (χ0) is 56.4. The summed E-state index contributed by atoms with van der Waals surface area (Å²) in [5.41, 5.74) is 12.1. The van der Waals surface area contributed by atoms with Gasteiger partial charge in [-0.15, -0.1) is 0 Å². The molecule has 8 aromatic heterocycles. The Morgan fingerprint density at radius 1 is 0.671 bits per heavy atom. The van der Waals surface area contributed by atoms with E-state index < -0.39 is 0 Å². The van der Waals surface area contributed by atoms with Crippen molar-refractivity contribution in [1.82, 2.24) is 58.6 Å². The number of nitrogen functional groups attached to an aromatic ring is 1. The van der Waals surface area contributed by atoms with Crippen LogP contribution in [0.4, 0.5) is 17.6 Å². The molecule has 10 rings (SSSR count). The molecule has 0 radical (unpaired) electrons. The average Bonchev–Trinajstić information content (AvgIpc) is 4.34. The van der Waals surface area contributed by atoms with Crippen molar-refractivity contribution in [2.24, 2.45) is 14.1 Å². The van der Waals surface area contributed by atoms with Crippen LogP contribution in [0.1, 0.15) is 102 Å². The maximum Gasteiger partial charge on any atom is 0.210 e. The third-order valence-electron chi connectivity index (χ3n) is 13.1. The maximum absolute atomic E-state index is 12.1. The topological polar surface area (TPSA) is 250 Å². The van der Waals surface area contributed by atoms with Crippen molar-refractivity contribution in [2.75, 3.05) is 64.9 Å². The van der Waals surface area contributed by atoms with E-state index in [0.717, 1.165) is 55.2 Å². The van der Waals surface area contributed by atoms with Gasteiger partial charge in [-0.2, -0.15) is 20.2 Å². The molecule has 10 heterocycles. The molecule has 0 amide bonds. The molecule has 3 N–H and O–H groups in total. The fourth-order valence-electron chi connectivity index (χ4n) is 8.90. The number of Topliss-reactive ketones (excluding diaryl/α,β-unsaturated/α-hetero) is 2. The molecule has 0 spiro atoms. The van der Waals surface area contributed by atoms with Crippen LogP contribution in [0.15, 0.2) is 73.3 Å². The number of pyridine rings is 4. The summed E-state index contributed by atoms with van der Waals surface area (Å²) in [6.07, 6.45) is 9.64. The smallest absolute Gasteiger partial charge is 0.210 e. The molecule has 0 saturated carbocycles. The van der Waals surface area contributed by atoms with Crippen LogP contribution in [0.5, 0.6) is 23.0 Å². The van der Waals surface area contributed by atoms with Gasteiger partial charge in [-0.1, -0.05) is 41.5 Å². The molecule has 23 heteroatoms. The third kappa shape index (κ3) is 15.1. The zero-order valence-electron chi connectivity index (χ0n) is 46.7. The van der Waals surface area contributed by atoms with E-state index >= 15 is 0 Å². The number of aryl methyl sites for hydroxylation is 2. The molecule has 2 atom stereocenters. The van der Waals surface area contributed by atoms with Crippen molar-refractivity contribution in [1.29, 1.82) is 0 Å². The minimum atomic E-state index is -0.0697. The highest BCUT2D eigenvalue weighted by molar-refractivity contribution is 6.29. The summed E-state index contributed by atoms with van der Waals surface area (Å²) in [5, 5.41) is 13.0. The Bertz CT molecular complexity index is 3360. The summed E-state index contributed by atoms with van der Waals surface area (Å²) in [6, 6.07) is 15.3. The van der Waals surface area contributed by atoms with Crippen LogP contribution in [0.2, 0.25) is 5.28 Å². The standard InChI is InChI=1S/C28H35N7O4.C17H17ClN4O3.C11H19N3O/c1-28(2,3)24-15-25(33-35(24)19-7-11-38-17-19)31-27-32-26-23(34(27)4)14-22(16-30-26)39-21-6-9-29-18(13-21)12-20(36)8-10-37-5;1-22-15-9-14(10-20-16(15)21-17(22)18)25-13-3-5-19-11(8-13)7-12(23)4-6-24-2;1-11(2,3)9-6-10(12)13-14(9)8-4-5-15-7-8/h6,9,13-16,19H,7-8,10-12,17H2,1-5H3,(H,30,31,32,33);3,5,8-10H,4,6-7H2,1-2H3;6,8H,4-5,7H2,1-3H3,(H2,12,13)/t19-;;8-/m1.1/s1. The number of nitrogens with two attached hydrogens (primary N) is 1. The predicted molar refractivity (Wildman–Crippen MR) is 300 cm³/mol. The number of anilines is 3. The van der Waals surface area contributed by atoms with E-state index in [4.69, 9.17) is 50.9 Å². The van der Waals surface area contributed by atoms with Gasteiger partial charge in [0.15, 0.2) is 17.1 Å². The number of carbonyl (C=O) groups is 2. The number of hydrogen-bond donors (Lipinski definition) is 2. The molecule has 8 aromatic rings. The lowest BCUT2D eigenvalue weighted by atomic mass is 9.91. The minimum Gasteiger partial charge on any atom is -0.456 e. The third-order valence-corrected chi connectivity index (χ3v) is 13.5. The number of rotatable bonds is 18. The van der Waals surface area contributed by atoms with Gasteiger partial charge < -0.3 is 48.6 Å². The van der Waals surface area contributed by atoms with Gasteiger partial charge in [0.05, 0.1) is 73.3 Å². The minimum absolute atomic E-state index is 0.0653. The van der Waals surface area contributed by atoms with Crippen LogP contribution in [0.25, 0.3) is 22.3 Å². The second-order valence-electron chi connectivity index (χ2n) is 21.5. The van der Waals surface area contributed by atoms with Crippen molar-refractivity contribution in [3.05, 3.63) is 101 Å². The number of imidazole rings is 2. The summed E-state index contributed by atoms with van der Waals surface area (Å²) >= 11 is 5.99. The Morgan fingerprint density at radius 2 is 1.16 bits per heavy atom. The number of carbonyl (C=O) groups excluding carboxylic acids is 2. The number of aromatic nitrogens is 12. The Morgan fingerprint density at radius 3 is 1.66 bits per heavy atom. The second kappa shape index (κ2) is 25.6. The number of fused-ring (bicyclic) bond motifs is 2. The summed E-state index contributed by atoms with van der Waals surface area (Å²) in [6.45, 7) is 16.9. The molecule has 22 nitrogen and oxygen atoms in total. The molecule has 0 aromatic carbocycles. The highest BCUT2D eigenvalue weighted by Crippen LogP contribution is 2.34. The molecular weight excluding hydrogens is 1030 g/mol. The predicted octanol–water partition coefficient (Wildman–Crippen LogP) is 9.18. The fraction of sp³-hybridized carbons (Fsp3) is 0.464. The van der Waals surface area contributed by atoms with Gasteiger partial charge in [0.2, 0.25) is 11.2 Å². The van der Waals surface area contributed by atoms with Crippen molar-refractivity contribution in [3.63, 3.8) is 0 Å². The van der Waals surface area contributed by atoms with Gasteiger partial charge in [0.25, 0.3) is 0 Å². The Balaban J connectivity index is 0.000000174. The number of nitrogens with one attached hydrogen (secondary N) is 1. The van der Waals surface area contributed by atoms with Gasteiger partial charge >= 0.3 is 0 Å². The Kier molecular flexibility index (Phi) is 18.7. The zero-order valence-corrected chi connectivity index (χ0v) is 47.4. The number of ether oxygens (including phenoxy) is 6. The molecule has 79 heavy (non-hydrogen) atoms. The van der Waals surface area contributed by atoms with Crippen molar-refractivity contribution in [3.8, 4) is 23.0 Å². The van der Waals surface area contributed by atoms with Gasteiger partial charge in [0.1, 0.15) is 40.4 Å². The molecule has 2 fully saturated rings. The number of halogens is 1. The van der Waals surface area contributed by atoms with E-state index in [1.54, 1.807) is 74.9 Å².